The van der Waals surface area contributed by atoms with Gasteiger partial charge in [0.05, 0.1) is 12.5 Å². The molecule has 15 heavy (non-hydrogen) atoms. The largest absolute Gasteiger partial charge is 0.299 e. The zero-order chi connectivity index (χ0) is 11.7. The van der Waals surface area contributed by atoms with Crippen molar-refractivity contribution in [2.45, 2.75) is 59.4 Å². The summed E-state index contributed by atoms with van der Waals surface area (Å²) in [6.07, 6.45) is 4.25. The summed E-state index contributed by atoms with van der Waals surface area (Å²) in [6, 6.07) is 2.76. The van der Waals surface area contributed by atoms with E-state index in [1.54, 1.807) is 0 Å². The highest BCUT2D eigenvalue weighted by molar-refractivity contribution is 4.82. The van der Waals surface area contributed by atoms with Gasteiger partial charge in [0.2, 0.25) is 0 Å². The van der Waals surface area contributed by atoms with Gasteiger partial charge in [-0.3, -0.25) is 4.90 Å². The van der Waals surface area contributed by atoms with Crippen molar-refractivity contribution in [1.82, 2.24) is 4.90 Å². The van der Waals surface area contributed by atoms with Crippen molar-refractivity contribution in [1.29, 1.82) is 5.26 Å². The van der Waals surface area contributed by atoms with Crippen LogP contribution in [0.4, 0.5) is 0 Å². The lowest BCUT2D eigenvalue weighted by molar-refractivity contribution is 0.167. The van der Waals surface area contributed by atoms with E-state index in [1.165, 1.54) is 12.8 Å². The first-order chi connectivity index (χ1) is 7.23. The van der Waals surface area contributed by atoms with Crippen LogP contribution in [0.2, 0.25) is 0 Å². The number of hydrogen-bond donors (Lipinski definition) is 0. The zero-order valence-electron chi connectivity index (χ0n) is 10.8. The molecule has 1 unspecified atom stereocenters. The maximum atomic E-state index is 8.78. The topological polar surface area (TPSA) is 27.0 Å². The molecule has 2 nitrogen and oxygen atoms in total. The number of rotatable bonds is 8. The van der Waals surface area contributed by atoms with Gasteiger partial charge in [-0.25, -0.2) is 0 Å². The molecule has 0 heterocycles. The second kappa shape index (κ2) is 8.73. The van der Waals surface area contributed by atoms with Gasteiger partial charge in [-0.15, -0.1) is 0 Å². The summed E-state index contributed by atoms with van der Waals surface area (Å²) in [7, 11) is 0. The fourth-order valence-electron chi connectivity index (χ4n) is 2.05. The maximum Gasteiger partial charge on any atom is 0.0638 e. The van der Waals surface area contributed by atoms with E-state index in [1.807, 2.05) is 0 Å². The van der Waals surface area contributed by atoms with Crippen LogP contribution in [0.25, 0.3) is 0 Å². The number of hydrogen-bond acceptors (Lipinski definition) is 2. The lowest BCUT2D eigenvalue weighted by Gasteiger charge is -2.31. The summed E-state index contributed by atoms with van der Waals surface area (Å²) in [5.41, 5.74) is 0. The first-order valence-corrected chi connectivity index (χ1v) is 6.34. The first-order valence-electron chi connectivity index (χ1n) is 6.34. The van der Waals surface area contributed by atoms with E-state index in [4.69, 9.17) is 5.26 Å². The Morgan fingerprint density at radius 2 is 1.67 bits per heavy atom. The SMILES string of the molecule is CCC(CC)CN(CC)C(CC)CC#N. The lowest BCUT2D eigenvalue weighted by atomic mass is 10.0. The number of nitriles is 1. The van der Waals surface area contributed by atoms with E-state index >= 15 is 0 Å². The van der Waals surface area contributed by atoms with Gasteiger partial charge in [-0.2, -0.15) is 5.26 Å². The molecular formula is C13H26N2. The fraction of sp³-hybridized carbons (Fsp3) is 0.923. The second-order valence-electron chi connectivity index (χ2n) is 4.19. The van der Waals surface area contributed by atoms with Crippen LogP contribution in [0.1, 0.15) is 53.4 Å². The minimum Gasteiger partial charge on any atom is -0.299 e. The molecule has 0 aliphatic carbocycles. The van der Waals surface area contributed by atoms with Gasteiger partial charge in [0.15, 0.2) is 0 Å². The van der Waals surface area contributed by atoms with Crippen molar-refractivity contribution in [2.24, 2.45) is 5.92 Å². The van der Waals surface area contributed by atoms with Crippen LogP contribution >= 0.6 is 0 Å². The summed E-state index contributed by atoms with van der Waals surface area (Å²) in [4.78, 5) is 2.47. The Bertz CT molecular complexity index is 179. The Labute approximate surface area is 95.3 Å². The minimum absolute atomic E-state index is 0.459. The highest BCUT2D eigenvalue weighted by Gasteiger charge is 2.17. The molecule has 0 bridgehead atoms. The molecular weight excluding hydrogens is 184 g/mol. The molecule has 2 heteroatoms. The fourth-order valence-corrected chi connectivity index (χ4v) is 2.05. The van der Waals surface area contributed by atoms with E-state index < -0.39 is 0 Å². The minimum atomic E-state index is 0.459. The van der Waals surface area contributed by atoms with Crippen LogP contribution in [0, 0.1) is 17.2 Å². The molecule has 0 amide bonds. The van der Waals surface area contributed by atoms with Gasteiger partial charge >= 0.3 is 0 Å². The Morgan fingerprint density at radius 1 is 1.07 bits per heavy atom. The average molecular weight is 210 g/mol. The van der Waals surface area contributed by atoms with Crippen molar-refractivity contribution in [3.05, 3.63) is 0 Å². The Hall–Kier alpha value is -0.550. The van der Waals surface area contributed by atoms with Gasteiger partial charge in [0, 0.05) is 12.6 Å². The molecule has 0 saturated heterocycles. The molecule has 0 aromatic rings. The third-order valence-corrected chi connectivity index (χ3v) is 3.37. The molecule has 0 aromatic heterocycles. The highest BCUT2D eigenvalue weighted by atomic mass is 15.1. The molecule has 0 aliphatic heterocycles. The quantitative estimate of drug-likeness (QED) is 0.613. The molecule has 0 aromatic carbocycles. The Balaban J connectivity index is 4.25. The normalized spacial score (nSPS) is 13.1. The van der Waals surface area contributed by atoms with Gasteiger partial charge in [-0.1, -0.05) is 40.5 Å². The molecule has 0 fully saturated rings. The van der Waals surface area contributed by atoms with E-state index in [-0.39, 0.29) is 0 Å². The predicted molar refractivity (Wildman–Crippen MR) is 65.6 cm³/mol. The molecule has 0 spiro atoms. The molecule has 0 saturated carbocycles. The van der Waals surface area contributed by atoms with E-state index in [0.717, 1.165) is 25.4 Å². The second-order valence-corrected chi connectivity index (χ2v) is 4.19. The zero-order valence-corrected chi connectivity index (χ0v) is 10.8. The van der Waals surface area contributed by atoms with Crippen LogP contribution in [0.3, 0.4) is 0 Å². The Kier molecular flexibility index (Phi) is 8.41. The highest BCUT2D eigenvalue weighted by Crippen LogP contribution is 2.15. The lowest BCUT2D eigenvalue weighted by Crippen LogP contribution is -2.38. The van der Waals surface area contributed by atoms with Crippen molar-refractivity contribution in [3.8, 4) is 6.07 Å². The molecule has 88 valence electrons. The van der Waals surface area contributed by atoms with Gasteiger partial charge in [0.1, 0.15) is 0 Å². The summed E-state index contributed by atoms with van der Waals surface area (Å²) >= 11 is 0. The molecule has 0 N–H and O–H groups in total. The van der Waals surface area contributed by atoms with Crippen molar-refractivity contribution >= 4 is 0 Å². The van der Waals surface area contributed by atoms with Gasteiger partial charge < -0.3 is 0 Å². The van der Waals surface area contributed by atoms with Crippen LogP contribution in [0.5, 0.6) is 0 Å². The first kappa shape index (κ1) is 14.5. The molecule has 1 atom stereocenters. The third-order valence-electron chi connectivity index (χ3n) is 3.37. The van der Waals surface area contributed by atoms with Crippen LogP contribution in [-0.2, 0) is 0 Å². The van der Waals surface area contributed by atoms with Crippen molar-refractivity contribution in [2.75, 3.05) is 13.1 Å². The molecule has 0 aliphatic rings. The summed E-state index contributed by atoms with van der Waals surface area (Å²) in [5, 5.41) is 8.78. The monoisotopic (exact) mass is 210 g/mol. The van der Waals surface area contributed by atoms with Gasteiger partial charge in [0.25, 0.3) is 0 Å². The summed E-state index contributed by atoms with van der Waals surface area (Å²) < 4.78 is 0. The average Bonchev–Trinajstić information content (AvgIpc) is 2.28. The summed E-state index contributed by atoms with van der Waals surface area (Å²) in [5.74, 6) is 0.790. The standard InChI is InChI=1S/C13H26N2/c1-5-12(6-2)11-15(8-4)13(7-3)9-10-14/h12-13H,5-9,11H2,1-4H3. The smallest absolute Gasteiger partial charge is 0.0638 e. The van der Waals surface area contributed by atoms with E-state index in [9.17, 15) is 0 Å². The Morgan fingerprint density at radius 3 is 2.00 bits per heavy atom. The summed E-state index contributed by atoms with van der Waals surface area (Å²) in [6.45, 7) is 11.1. The van der Waals surface area contributed by atoms with Crippen LogP contribution < -0.4 is 0 Å². The van der Waals surface area contributed by atoms with Crippen LogP contribution in [0.15, 0.2) is 0 Å². The molecule has 0 rings (SSSR count). The third kappa shape index (κ3) is 5.18. The van der Waals surface area contributed by atoms with Crippen molar-refractivity contribution < 1.29 is 0 Å². The van der Waals surface area contributed by atoms with E-state index in [0.29, 0.717) is 12.5 Å². The predicted octanol–water partition coefficient (Wildman–Crippen LogP) is 3.44. The maximum absolute atomic E-state index is 8.78. The van der Waals surface area contributed by atoms with Gasteiger partial charge in [-0.05, 0) is 18.9 Å². The van der Waals surface area contributed by atoms with E-state index in [2.05, 4.69) is 38.7 Å². The molecule has 0 radical (unpaired) electrons. The van der Waals surface area contributed by atoms with Crippen molar-refractivity contribution in [3.63, 3.8) is 0 Å². The number of nitrogens with zero attached hydrogens (tertiary/aromatic N) is 2. The van der Waals surface area contributed by atoms with Crippen LogP contribution in [-0.4, -0.2) is 24.0 Å².